The number of pyridine rings is 1. The van der Waals surface area contributed by atoms with Crippen LogP contribution in [-0.2, 0) is 6.42 Å². The molecule has 1 saturated heterocycles. The number of oxazole rings is 1. The minimum atomic E-state index is -0.202. The van der Waals surface area contributed by atoms with Crippen molar-refractivity contribution < 1.29 is 13.9 Å². The highest BCUT2D eigenvalue weighted by atomic mass is 32.1. The molecule has 1 aromatic carbocycles. The topological polar surface area (TPSA) is 81.4 Å². The lowest BCUT2D eigenvalue weighted by molar-refractivity contribution is 0.0570. The quantitative estimate of drug-likeness (QED) is 0.395. The van der Waals surface area contributed by atoms with Crippen molar-refractivity contribution in [2.75, 3.05) is 13.7 Å². The molecule has 1 aliphatic heterocycles. The van der Waals surface area contributed by atoms with Crippen LogP contribution >= 0.6 is 11.3 Å². The molecular weight excluding hydrogens is 436 g/mol. The Morgan fingerprint density at radius 2 is 2.09 bits per heavy atom. The number of piperidine rings is 1. The van der Waals surface area contributed by atoms with Crippen LogP contribution in [0.3, 0.4) is 0 Å². The number of nitrogens with zero attached hydrogens (tertiary/aromatic N) is 4. The van der Waals surface area contributed by atoms with Gasteiger partial charge in [0.2, 0.25) is 5.89 Å². The molecule has 0 radical (unpaired) electrons. The van der Waals surface area contributed by atoms with Gasteiger partial charge >= 0.3 is 0 Å². The van der Waals surface area contributed by atoms with Crippen LogP contribution < -0.4 is 4.74 Å². The maximum absolute atomic E-state index is 13.7. The summed E-state index contributed by atoms with van der Waals surface area (Å²) in [6.07, 6.45) is 8.58. The number of carbonyl (C=O) groups excluding carboxylic acids is 1. The third-order valence-corrected chi connectivity index (χ3v) is 6.66. The summed E-state index contributed by atoms with van der Waals surface area (Å²) >= 11 is 1.47. The first-order valence-corrected chi connectivity index (χ1v) is 11.8. The molecule has 0 unspecified atom stereocenters. The lowest BCUT2D eigenvalue weighted by Gasteiger charge is -2.34. The molecule has 0 bridgehead atoms. The highest BCUT2D eigenvalue weighted by Crippen LogP contribution is 2.34. The summed E-state index contributed by atoms with van der Waals surface area (Å²) in [6, 6.07) is 11.3. The Bertz CT molecular complexity index is 1240. The lowest BCUT2D eigenvalue weighted by atomic mass is 10.00. The summed E-state index contributed by atoms with van der Waals surface area (Å²) in [6.45, 7) is 0.657. The molecule has 0 spiro atoms. The Kier molecular flexibility index (Phi) is 6.17. The van der Waals surface area contributed by atoms with Crippen molar-refractivity contribution >= 4 is 17.2 Å². The van der Waals surface area contributed by atoms with E-state index in [1.54, 1.807) is 37.3 Å². The van der Waals surface area contributed by atoms with Gasteiger partial charge in [-0.2, -0.15) is 0 Å². The number of benzene rings is 1. The zero-order chi connectivity index (χ0) is 22.6. The fourth-order valence-electron chi connectivity index (χ4n) is 4.29. The average Bonchev–Trinajstić information content (AvgIpc) is 3.57. The molecule has 0 N–H and O–H groups in total. The number of methoxy groups -OCH3 is 1. The van der Waals surface area contributed by atoms with Gasteiger partial charge in [-0.25, -0.2) is 4.98 Å². The molecular formula is C25H24N4O3S. The van der Waals surface area contributed by atoms with Gasteiger partial charge in [0.25, 0.3) is 5.91 Å². The van der Waals surface area contributed by atoms with Gasteiger partial charge in [0.15, 0.2) is 0 Å². The molecule has 3 aromatic heterocycles. The van der Waals surface area contributed by atoms with Crippen LogP contribution in [0.15, 0.2) is 64.9 Å². The predicted octanol–water partition coefficient (Wildman–Crippen LogP) is 5.16. The van der Waals surface area contributed by atoms with Gasteiger partial charge in [-0.05, 0) is 37.5 Å². The molecule has 8 heteroatoms. The SMILES string of the molecule is COc1ccccc1Cc1cnc([C@H]2CCCCN2C(=O)c2cccnc2-c2cncs2)o1. The third kappa shape index (κ3) is 4.39. The standard InChI is InChI=1S/C25H24N4O3S/c1-31-21-10-3-2-7-17(21)13-18-14-28-24(32-18)20-9-4-5-12-29(20)25(30)19-8-6-11-27-23(19)22-15-26-16-33-22/h2-3,6-8,10-11,14-16,20H,4-5,9,12-13H2,1H3/t20-/m1/s1. The number of para-hydroxylation sites is 1. The summed E-state index contributed by atoms with van der Waals surface area (Å²) in [5, 5.41) is 0. The number of hydrogen-bond acceptors (Lipinski definition) is 7. The van der Waals surface area contributed by atoms with E-state index in [0.717, 1.165) is 41.2 Å². The molecule has 33 heavy (non-hydrogen) atoms. The number of carbonyl (C=O) groups is 1. The highest BCUT2D eigenvalue weighted by molar-refractivity contribution is 7.13. The van der Waals surface area contributed by atoms with Gasteiger partial charge < -0.3 is 14.1 Å². The molecule has 0 aliphatic carbocycles. The third-order valence-electron chi connectivity index (χ3n) is 5.88. The number of ether oxygens (including phenoxy) is 1. The van der Waals surface area contributed by atoms with Gasteiger partial charge in [0.05, 0.1) is 35.0 Å². The van der Waals surface area contributed by atoms with Crippen LogP contribution in [0.4, 0.5) is 0 Å². The molecule has 5 rings (SSSR count). The number of hydrogen-bond donors (Lipinski definition) is 0. The van der Waals surface area contributed by atoms with E-state index in [9.17, 15) is 4.79 Å². The second kappa shape index (κ2) is 9.54. The number of aromatic nitrogens is 3. The number of amides is 1. The Labute approximate surface area is 196 Å². The maximum Gasteiger partial charge on any atom is 0.256 e. The molecule has 1 fully saturated rings. The van der Waals surface area contributed by atoms with Gasteiger partial charge in [0.1, 0.15) is 17.6 Å². The smallest absolute Gasteiger partial charge is 0.256 e. The van der Waals surface area contributed by atoms with Gasteiger partial charge in [0, 0.05) is 30.9 Å². The summed E-state index contributed by atoms with van der Waals surface area (Å²) in [4.78, 5) is 29.6. The molecule has 4 heterocycles. The minimum absolute atomic E-state index is 0.0549. The zero-order valence-corrected chi connectivity index (χ0v) is 19.1. The van der Waals surface area contributed by atoms with Gasteiger partial charge in [-0.15, -0.1) is 11.3 Å². The Hall–Kier alpha value is -3.52. The summed E-state index contributed by atoms with van der Waals surface area (Å²) < 4.78 is 11.6. The average molecular weight is 461 g/mol. The first-order chi connectivity index (χ1) is 16.2. The molecule has 168 valence electrons. The summed E-state index contributed by atoms with van der Waals surface area (Å²) in [7, 11) is 1.66. The van der Waals surface area contributed by atoms with Crippen LogP contribution in [0.5, 0.6) is 5.75 Å². The number of likely N-dealkylation sites (tertiary alicyclic amines) is 1. The minimum Gasteiger partial charge on any atom is -0.496 e. The van der Waals surface area contributed by atoms with E-state index in [-0.39, 0.29) is 11.9 Å². The highest BCUT2D eigenvalue weighted by Gasteiger charge is 2.33. The van der Waals surface area contributed by atoms with E-state index in [4.69, 9.17) is 9.15 Å². The van der Waals surface area contributed by atoms with Gasteiger partial charge in [-0.1, -0.05) is 18.2 Å². The summed E-state index contributed by atoms with van der Waals surface area (Å²) in [5.74, 6) is 2.09. The van der Waals surface area contributed by atoms with E-state index < -0.39 is 0 Å². The molecule has 7 nitrogen and oxygen atoms in total. The van der Waals surface area contributed by atoms with Crippen LogP contribution in [0.25, 0.3) is 10.6 Å². The Morgan fingerprint density at radius 3 is 2.94 bits per heavy atom. The molecule has 0 saturated carbocycles. The molecule has 4 aromatic rings. The fourth-order valence-corrected chi connectivity index (χ4v) is 4.92. The second-order valence-corrected chi connectivity index (χ2v) is 8.82. The van der Waals surface area contributed by atoms with Crippen molar-refractivity contribution in [1.82, 2.24) is 19.9 Å². The summed E-state index contributed by atoms with van der Waals surface area (Å²) in [5.41, 5.74) is 4.02. The molecule has 1 aliphatic rings. The fraction of sp³-hybridized carbons (Fsp3) is 0.280. The van der Waals surface area contributed by atoms with Crippen molar-refractivity contribution in [1.29, 1.82) is 0 Å². The first kappa shape index (κ1) is 21.3. The second-order valence-electron chi connectivity index (χ2n) is 7.93. The molecule has 1 atom stereocenters. The van der Waals surface area contributed by atoms with Crippen molar-refractivity contribution in [2.24, 2.45) is 0 Å². The van der Waals surface area contributed by atoms with E-state index in [2.05, 4.69) is 15.0 Å². The van der Waals surface area contributed by atoms with E-state index in [1.165, 1.54) is 11.3 Å². The normalized spacial score (nSPS) is 16.0. The van der Waals surface area contributed by atoms with Crippen molar-refractivity contribution in [3.63, 3.8) is 0 Å². The van der Waals surface area contributed by atoms with E-state index in [0.29, 0.717) is 30.1 Å². The first-order valence-electron chi connectivity index (χ1n) is 11.0. The van der Waals surface area contributed by atoms with E-state index >= 15 is 0 Å². The maximum atomic E-state index is 13.7. The van der Waals surface area contributed by atoms with Crippen molar-refractivity contribution in [2.45, 2.75) is 31.7 Å². The van der Waals surface area contributed by atoms with Crippen LogP contribution in [0, 0.1) is 0 Å². The van der Waals surface area contributed by atoms with Crippen molar-refractivity contribution in [3.05, 3.63) is 83.3 Å². The van der Waals surface area contributed by atoms with E-state index in [1.807, 2.05) is 35.2 Å². The lowest BCUT2D eigenvalue weighted by Crippen LogP contribution is -2.39. The predicted molar refractivity (Wildman–Crippen MR) is 125 cm³/mol. The van der Waals surface area contributed by atoms with Crippen LogP contribution in [-0.4, -0.2) is 39.4 Å². The Balaban J connectivity index is 1.41. The van der Waals surface area contributed by atoms with Crippen LogP contribution in [0.1, 0.15) is 52.9 Å². The largest absolute Gasteiger partial charge is 0.496 e. The zero-order valence-electron chi connectivity index (χ0n) is 18.3. The molecule has 1 amide bonds. The van der Waals surface area contributed by atoms with Gasteiger partial charge in [-0.3, -0.25) is 14.8 Å². The van der Waals surface area contributed by atoms with Crippen molar-refractivity contribution in [3.8, 4) is 16.3 Å². The Morgan fingerprint density at radius 1 is 1.18 bits per heavy atom. The number of thiazole rings is 1. The monoisotopic (exact) mass is 460 g/mol. The van der Waals surface area contributed by atoms with Crippen LogP contribution in [0.2, 0.25) is 0 Å². The number of rotatable bonds is 6.